The molecule has 3 atom stereocenters. The van der Waals surface area contributed by atoms with Crippen molar-refractivity contribution in [2.75, 3.05) is 7.11 Å². The number of carbonyl (C=O) groups is 4. The van der Waals surface area contributed by atoms with Gasteiger partial charge < -0.3 is 25.8 Å². The summed E-state index contributed by atoms with van der Waals surface area (Å²) in [6.07, 6.45) is 0.0755. The van der Waals surface area contributed by atoms with Gasteiger partial charge in [-0.3, -0.25) is 14.4 Å². The first-order valence-corrected chi connectivity index (χ1v) is 9.85. The van der Waals surface area contributed by atoms with Gasteiger partial charge in [-0.25, -0.2) is 4.79 Å². The Balaban J connectivity index is 0. The third-order valence-corrected chi connectivity index (χ3v) is 4.08. The summed E-state index contributed by atoms with van der Waals surface area (Å²) in [6.45, 7) is 12.3. The number of carbonyl (C=O) groups excluding carboxylic acids is 4. The van der Waals surface area contributed by atoms with Crippen molar-refractivity contribution in [1.29, 1.82) is 0 Å². The molecule has 9 nitrogen and oxygen atoms in total. The first kappa shape index (κ1) is 30.3. The highest BCUT2D eigenvalue weighted by atomic mass is 35.5. The summed E-state index contributed by atoms with van der Waals surface area (Å²) in [5, 5.41) is 5.23. The van der Waals surface area contributed by atoms with Crippen molar-refractivity contribution in [1.82, 2.24) is 10.6 Å². The average Bonchev–Trinajstić information content (AvgIpc) is 2.58. The Hall–Kier alpha value is -1.87. The fourth-order valence-electron chi connectivity index (χ4n) is 2.46. The molecule has 0 bridgehead atoms. The van der Waals surface area contributed by atoms with E-state index in [2.05, 4.69) is 10.6 Å². The molecule has 0 saturated heterocycles. The number of esters is 2. The van der Waals surface area contributed by atoms with Gasteiger partial charge in [-0.05, 0) is 39.0 Å². The van der Waals surface area contributed by atoms with Crippen LogP contribution in [0.2, 0.25) is 0 Å². The van der Waals surface area contributed by atoms with Crippen LogP contribution in [0, 0.1) is 11.8 Å². The van der Waals surface area contributed by atoms with Gasteiger partial charge in [-0.1, -0.05) is 27.7 Å². The van der Waals surface area contributed by atoms with Crippen LogP contribution in [-0.2, 0) is 28.7 Å². The predicted octanol–water partition coefficient (Wildman–Crippen LogP) is 1.31. The van der Waals surface area contributed by atoms with E-state index in [0.29, 0.717) is 0 Å². The summed E-state index contributed by atoms with van der Waals surface area (Å²) in [6, 6.07) is -2.69. The first-order chi connectivity index (χ1) is 13.2. The van der Waals surface area contributed by atoms with E-state index in [4.69, 9.17) is 15.2 Å². The topological polar surface area (TPSA) is 137 Å². The van der Waals surface area contributed by atoms with Gasteiger partial charge in [0, 0.05) is 6.42 Å². The van der Waals surface area contributed by atoms with Gasteiger partial charge in [-0.15, -0.1) is 12.4 Å². The van der Waals surface area contributed by atoms with Crippen molar-refractivity contribution in [3.8, 4) is 0 Å². The molecule has 30 heavy (non-hydrogen) atoms. The largest absolute Gasteiger partial charge is 0.467 e. The predicted molar refractivity (Wildman–Crippen MR) is 116 cm³/mol. The second kappa shape index (κ2) is 13.4. The maximum Gasteiger partial charge on any atom is 0.328 e. The molecular formula is C20H38ClN3O6. The van der Waals surface area contributed by atoms with E-state index in [0.717, 1.165) is 0 Å². The van der Waals surface area contributed by atoms with Crippen LogP contribution in [0.3, 0.4) is 0 Å². The molecule has 0 aliphatic carbocycles. The number of methoxy groups -OCH3 is 1. The van der Waals surface area contributed by atoms with Gasteiger partial charge >= 0.3 is 11.9 Å². The van der Waals surface area contributed by atoms with Crippen LogP contribution in [0.15, 0.2) is 0 Å². The van der Waals surface area contributed by atoms with Crippen LogP contribution in [-0.4, -0.2) is 54.6 Å². The molecule has 0 aromatic heterocycles. The average molecular weight is 452 g/mol. The molecule has 0 rings (SSSR count). The van der Waals surface area contributed by atoms with Crippen molar-refractivity contribution in [3.63, 3.8) is 0 Å². The quantitative estimate of drug-likeness (QED) is 0.426. The fourth-order valence-corrected chi connectivity index (χ4v) is 2.46. The number of hydrogen-bond donors (Lipinski definition) is 3. The highest BCUT2D eigenvalue weighted by Crippen LogP contribution is 2.11. The van der Waals surface area contributed by atoms with Gasteiger partial charge in [0.25, 0.3) is 0 Å². The number of ether oxygens (including phenoxy) is 2. The molecule has 0 heterocycles. The number of nitrogens with one attached hydrogen (secondary N) is 2. The van der Waals surface area contributed by atoms with Gasteiger partial charge in [0.15, 0.2) is 0 Å². The van der Waals surface area contributed by atoms with Crippen LogP contribution in [0.5, 0.6) is 0 Å². The maximum absolute atomic E-state index is 12.7. The minimum Gasteiger partial charge on any atom is -0.467 e. The van der Waals surface area contributed by atoms with Crippen molar-refractivity contribution in [2.45, 2.75) is 85.0 Å². The SMILES string of the molecule is COC(=O)[C@@H](NC(=O)[C@@H](NC(=O)[C@@H](N)CCC(=O)OC(C)(C)C)C(C)C)C(C)C.Cl. The van der Waals surface area contributed by atoms with Crippen LogP contribution in [0.25, 0.3) is 0 Å². The second-order valence-electron chi connectivity index (χ2n) is 8.72. The number of halogens is 1. The van der Waals surface area contributed by atoms with Crippen molar-refractivity contribution < 1.29 is 28.7 Å². The number of amides is 2. The molecule has 0 aromatic carbocycles. The second-order valence-corrected chi connectivity index (χ2v) is 8.72. The lowest BCUT2D eigenvalue weighted by molar-refractivity contribution is -0.155. The van der Waals surface area contributed by atoms with Crippen molar-refractivity contribution in [3.05, 3.63) is 0 Å². The Morgan fingerprint density at radius 3 is 1.77 bits per heavy atom. The molecule has 2 amide bonds. The highest BCUT2D eigenvalue weighted by molar-refractivity contribution is 5.92. The Labute approximate surface area is 185 Å². The Bertz CT molecular complexity index is 590. The van der Waals surface area contributed by atoms with Crippen molar-refractivity contribution >= 4 is 36.2 Å². The Morgan fingerprint density at radius 2 is 1.37 bits per heavy atom. The van der Waals surface area contributed by atoms with Gasteiger partial charge in [0.05, 0.1) is 13.2 Å². The normalized spacial score (nSPS) is 14.2. The van der Waals surface area contributed by atoms with Crippen LogP contribution in [0.1, 0.15) is 61.3 Å². The molecule has 0 unspecified atom stereocenters. The number of rotatable bonds is 10. The van der Waals surface area contributed by atoms with Crippen LogP contribution >= 0.6 is 12.4 Å². The molecule has 0 saturated carbocycles. The standard InChI is InChI=1S/C20H37N3O6.ClH/c1-11(2)15(18(26)23-16(12(3)4)19(27)28-8)22-17(25)13(21)9-10-14(24)29-20(5,6)7;/h11-13,15-16H,9-10,21H2,1-8H3,(H,22,25)(H,23,26);1H/t13-,15-,16-;/m0./s1. The Kier molecular flexibility index (Phi) is 13.6. The summed E-state index contributed by atoms with van der Waals surface area (Å²) in [4.78, 5) is 48.7. The van der Waals surface area contributed by atoms with E-state index in [-0.39, 0.29) is 37.1 Å². The summed E-state index contributed by atoms with van der Waals surface area (Å²) < 4.78 is 9.91. The third kappa shape index (κ3) is 11.3. The lowest BCUT2D eigenvalue weighted by Crippen LogP contribution is -2.57. The van der Waals surface area contributed by atoms with Crippen LogP contribution < -0.4 is 16.4 Å². The highest BCUT2D eigenvalue weighted by Gasteiger charge is 2.32. The summed E-state index contributed by atoms with van der Waals surface area (Å²) >= 11 is 0. The van der Waals surface area contributed by atoms with Crippen LogP contribution in [0.4, 0.5) is 0 Å². The minimum absolute atomic E-state index is 0. The fraction of sp³-hybridized carbons (Fsp3) is 0.800. The lowest BCUT2D eigenvalue weighted by Gasteiger charge is -2.27. The molecule has 10 heteroatoms. The van der Waals surface area contributed by atoms with Gasteiger partial charge in [0.1, 0.15) is 17.7 Å². The maximum atomic E-state index is 12.7. The molecule has 0 radical (unpaired) electrons. The van der Waals surface area contributed by atoms with E-state index in [1.807, 2.05) is 0 Å². The summed E-state index contributed by atoms with van der Waals surface area (Å²) in [7, 11) is 1.25. The third-order valence-electron chi connectivity index (χ3n) is 4.08. The summed E-state index contributed by atoms with van der Waals surface area (Å²) in [5.41, 5.74) is 5.26. The molecule has 0 aromatic rings. The monoisotopic (exact) mass is 451 g/mol. The number of hydrogen-bond acceptors (Lipinski definition) is 7. The summed E-state index contributed by atoms with van der Waals surface area (Å²) in [5.74, 6) is -2.50. The van der Waals surface area contributed by atoms with E-state index in [9.17, 15) is 19.2 Å². The van der Waals surface area contributed by atoms with Gasteiger partial charge in [0.2, 0.25) is 11.8 Å². The molecule has 0 aliphatic rings. The smallest absolute Gasteiger partial charge is 0.328 e. The molecule has 0 fully saturated rings. The Morgan fingerprint density at radius 1 is 0.900 bits per heavy atom. The van der Waals surface area contributed by atoms with Gasteiger partial charge in [-0.2, -0.15) is 0 Å². The van der Waals surface area contributed by atoms with E-state index in [1.165, 1.54) is 7.11 Å². The molecule has 4 N–H and O–H groups in total. The van der Waals surface area contributed by atoms with Crippen molar-refractivity contribution in [2.24, 2.45) is 17.6 Å². The minimum atomic E-state index is -0.974. The zero-order valence-electron chi connectivity index (χ0n) is 19.2. The van der Waals surface area contributed by atoms with E-state index < -0.39 is 47.5 Å². The van der Waals surface area contributed by atoms with E-state index >= 15 is 0 Å². The lowest BCUT2D eigenvalue weighted by atomic mass is 9.99. The molecule has 0 aliphatic heterocycles. The zero-order valence-corrected chi connectivity index (χ0v) is 20.1. The zero-order chi connectivity index (χ0) is 22.9. The molecular weight excluding hydrogens is 414 g/mol. The first-order valence-electron chi connectivity index (χ1n) is 9.85. The van der Waals surface area contributed by atoms with E-state index in [1.54, 1.807) is 48.5 Å². The molecule has 176 valence electrons. The molecule has 0 spiro atoms. The number of nitrogens with two attached hydrogens (primary N) is 1.